The van der Waals surface area contributed by atoms with Crippen LogP contribution in [0.5, 0.6) is 0 Å². The molecule has 3 N–H and O–H groups in total. The molecule has 5 rings (SSSR count). The fraction of sp³-hybridized carbons (Fsp3) is 0.345. The zero-order valence-electron chi connectivity index (χ0n) is 20.9. The van der Waals surface area contributed by atoms with E-state index < -0.39 is 21.7 Å². The Balaban J connectivity index is 1.48. The van der Waals surface area contributed by atoms with Gasteiger partial charge in [0.1, 0.15) is 0 Å². The minimum absolute atomic E-state index is 0.0736. The van der Waals surface area contributed by atoms with E-state index in [0.29, 0.717) is 11.1 Å². The standard InChI is InChI=1S/C29H32N2O4S/c1-18-23-11-7-13-25(23)27(26-14-8-12-24(18)26)30-28(32)31-36(34,35)22-16-20(19-9-5-4-6-10-19)15-21(17-22)29(2,3)33/h4-6,9-10,15-17,33H,7-8,11-14H2,1-3H3,(H2,30,31,32). The average molecular weight is 505 g/mol. The second-order valence-electron chi connectivity index (χ2n) is 10.4. The van der Waals surface area contributed by atoms with Gasteiger partial charge in [-0.25, -0.2) is 17.9 Å². The number of anilines is 1. The molecule has 0 fully saturated rings. The van der Waals surface area contributed by atoms with Gasteiger partial charge in [0.25, 0.3) is 10.0 Å². The van der Waals surface area contributed by atoms with E-state index in [1.54, 1.807) is 19.9 Å². The lowest BCUT2D eigenvalue weighted by atomic mass is 9.93. The molecule has 2 amide bonds. The van der Waals surface area contributed by atoms with Gasteiger partial charge in [-0.05, 0) is 122 Å². The summed E-state index contributed by atoms with van der Waals surface area (Å²) < 4.78 is 28.9. The fourth-order valence-electron chi connectivity index (χ4n) is 5.61. The highest BCUT2D eigenvalue weighted by atomic mass is 32.2. The van der Waals surface area contributed by atoms with E-state index in [0.717, 1.165) is 60.9 Å². The van der Waals surface area contributed by atoms with Gasteiger partial charge in [-0.15, -0.1) is 0 Å². The number of rotatable bonds is 5. The number of hydrogen-bond acceptors (Lipinski definition) is 4. The summed E-state index contributed by atoms with van der Waals surface area (Å²) in [7, 11) is -4.20. The molecule has 0 unspecified atom stereocenters. The number of sulfonamides is 1. The number of fused-ring (bicyclic) bond motifs is 2. The van der Waals surface area contributed by atoms with Crippen LogP contribution in [0.15, 0.2) is 53.4 Å². The van der Waals surface area contributed by atoms with Crippen LogP contribution in [0.2, 0.25) is 0 Å². The van der Waals surface area contributed by atoms with Gasteiger partial charge in [0.2, 0.25) is 0 Å². The highest BCUT2D eigenvalue weighted by Gasteiger charge is 2.29. The monoisotopic (exact) mass is 504 g/mol. The Bertz CT molecular complexity index is 1420. The number of amides is 2. The summed E-state index contributed by atoms with van der Waals surface area (Å²) in [4.78, 5) is 13.0. The topological polar surface area (TPSA) is 95.5 Å². The molecule has 0 aromatic heterocycles. The summed E-state index contributed by atoms with van der Waals surface area (Å²) in [5.74, 6) is 0. The molecule has 0 saturated carbocycles. The number of carbonyl (C=O) groups is 1. The highest BCUT2D eigenvalue weighted by molar-refractivity contribution is 7.90. The number of urea groups is 1. The van der Waals surface area contributed by atoms with Crippen molar-refractivity contribution in [3.63, 3.8) is 0 Å². The number of carbonyl (C=O) groups excluding carboxylic acids is 1. The van der Waals surface area contributed by atoms with E-state index in [2.05, 4.69) is 17.0 Å². The van der Waals surface area contributed by atoms with Crippen molar-refractivity contribution in [1.29, 1.82) is 0 Å². The van der Waals surface area contributed by atoms with Gasteiger partial charge in [0.05, 0.1) is 10.5 Å². The summed E-state index contributed by atoms with van der Waals surface area (Å²) in [6.07, 6.45) is 5.85. The number of nitrogens with one attached hydrogen (secondary N) is 2. The van der Waals surface area contributed by atoms with Crippen LogP contribution in [-0.2, 0) is 41.3 Å². The van der Waals surface area contributed by atoms with Crippen molar-refractivity contribution in [2.24, 2.45) is 0 Å². The Hall–Kier alpha value is -3.16. The summed E-state index contributed by atoms with van der Waals surface area (Å²) in [6, 6.07) is 13.3. The number of benzene rings is 3. The zero-order valence-corrected chi connectivity index (χ0v) is 21.8. The Morgan fingerprint density at radius 1 is 0.861 bits per heavy atom. The molecule has 0 aliphatic heterocycles. The lowest BCUT2D eigenvalue weighted by molar-refractivity contribution is 0.0784. The van der Waals surface area contributed by atoms with E-state index in [1.807, 2.05) is 30.3 Å². The van der Waals surface area contributed by atoms with Crippen molar-refractivity contribution < 1.29 is 18.3 Å². The second-order valence-corrected chi connectivity index (χ2v) is 12.0. The van der Waals surface area contributed by atoms with Crippen LogP contribution in [0, 0.1) is 6.92 Å². The maximum absolute atomic E-state index is 13.4. The molecule has 0 saturated heterocycles. The smallest absolute Gasteiger partial charge is 0.333 e. The van der Waals surface area contributed by atoms with Crippen LogP contribution < -0.4 is 10.0 Å². The lowest BCUT2D eigenvalue weighted by Crippen LogP contribution is -2.35. The molecule has 188 valence electrons. The van der Waals surface area contributed by atoms with E-state index in [9.17, 15) is 18.3 Å². The number of hydrogen-bond donors (Lipinski definition) is 3. The minimum atomic E-state index is -4.20. The van der Waals surface area contributed by atoms with Gasteiger partial charge < -0.3 is 10.4 Å². The molecule has 0 atom stereocenters. The molecule has 0 spiro atoms. The molecular weight excluding hydrogens is 472 g/mol. The summed E-state index contributed by atoms with van der Waals surface area (Å²) in [5, 5.41) is 13.5. The Kier molecular flexibility index (Phi) is 6.17. The molecule has 36 heavy (non-hydrogen) atoms. The first-order valence-corrected chi connectivity index (χ1v) is 14.0. The molecule has 3 aromatic carbocycles. The van der Waals surface area contributed by atoms with E-state index in [-0.39, 0.29) is 4.90 Å². The molecule has 7 heteroatoms. The predicted molar refractivity (Wildman–Crippen MR) is 142 cm³/mol. The molecule has 6 nitrogen and oxygen atoms in total. The van der Waals surface area contributed by atoms with Crippen molar-refractivity contribution in [1.82, 2.24) is 4.72 Å². The zero-order chi connectivity index (χ0) is 25.7. The maximum atomic E-state index is 13.4. The van der Waals surface area contributed by atoms with Gasteiger partial charge in [0.15, 0.2) is 0 Å². The molecule has 2 aliphatic carbocycles. The molecule has 2 aliphatic rings. The van der Waals surface area contributed by atoms with Gasteiger partial charge in [-0.1, -0.05) is 30.3 Å². The van der Waals surface area contributed by atoms with Crippen LogP contribution in [0.4, 0.5) is 10.5 Å². The van der Waals surface area contributed by atoms with Gasteiger partial charge in [-0.3, -0.25) is 0 Å². The largest absolute Gasteiger partial charge is 0.386 e. The molecular formula is C29H32N2O4S. The average Bonchev–Trinajstić information content (AvgIpc) is 3.52. The lowest BCUT2D eigenvalue weighted by Gasteiger charge is -2.21. The van der Waals surface area contributed by atoms with Crippen LogP contribution in [0.3, 0.4) is 0 Å². The first-order valence-electron chi connectivity index (χ1n) is 12.5. The van der Waals surface area contributed by atoms with Gasteiger partial charge in [-0.2, -0.15) is 0 Å². The van der Waals surface area contributed by atoms with Crippen molar-refractivity contribution >= 4 is 21.7 Å². The number of aliphatic hydroxyl groups is 1. The summed E-state index contributed by atoms with van der Waals surface area (Å²) in [5.41, 5.74) is 7.68. The molecule has 0 radical (unpaired) electrons. The highest BCUT2D eigenvalue weighted by Crippen LogP contribution is 2.41. The van der Waals surface area contributed by atoms with E-state index in [4.69, 9.17) is 0 Å². The normalized spacial score (nSPS) is 14.9. The van der Waals surface area contributed by atoms with Crippen LogP contribution in [0.1, 0.15) is 60.1 Å². The van der Waals surface area contributed by atoms with Crippen LogP contribution in [-0.4, -0.2) is 19.6 Å². The molecule has 3 aromatic rings. The van der Waals surface area contributed by atoms with E-state index >= 15 is 0 Å². The maximum Gasteiger partial charge on any atom is 0.333 e. The minimum Gasteiger partial charge on any atom is -0.386 e. The predicted octanol–water partition coefficient (Wildman–Crippen LogP) is 5.38. The van der Waals surface area contributed by atoms with Crippen molar-refractivity contribution in [2.75, 3.05) is 5.32 Å². The summed E-state index contributed by atoms with van der Waals surface area (Å²) >= 11 is 0. The van der Waals surface area contributed by atoms with Crippen LogP contribution in [0.25, 0.3) is 11.1 Å². The third-order valence-corrected chi connectivity index (χ3v) is 8.75. The SMILES string of the molecule is Cc1c2c(c(NC(=O)NS(=O)(=O)c3cc(-c4ccccc4)cc(C(C)(C)O)c3)c3c1CCC3)CCC2. The van der Waals surface area contributed by atoms with Gasteiger partial charge in [0, 0.05) is 5.69 Å². The quantitative estimate of drug-likeness (QED) is 0.435. The first kappa shape index (κ1) is 24.5. The van der Waals surface area contributed by atoms with E-state index in [1.165, 1.54) is 28.8 Å². The Morgan fingerprint density at radius 3 is 2.03 bits per heavy atom. The first-order chi connectivity index (χ1) is 17.0. The third-order valence-electron chi connectivity index (χ3n) is 7.44. The van der Waals surface area contributed by atoms with Crippen molar-refractivity contribution in [3.05, 3.63) is 81.9 Å². The van der Waals surface area contributed by atoms with Crippen molar-refractivity contribution in [3.8, 4) is 11.1 Å². The fourth-order valence-corrected chi connectivity index (χ4v) is 6.58. The molecule has 0 heterocycles. The molecule has 0 bridgehead atoms. The summed E-state index contributed by atoms with van der Waals surface area (Å²) in [6.45, 7) is 5.38. The third kappa shape index (κ3) is 4.53. The Morgan fingerprint density at radius 2 is 1.44 bits per heavy atom. The van der Waals surface area contributed by atoms with Gasteiger partial charge >= 0.3 is 6.03 Å². The van der Waals surface area contributed by atoms with Crippen LogP contribution >= 0.6 is 0 Å². The second kappa shape index (κ2) is 9.05. The van der Waals surface area contributed by atoms with Crippen molar-refractivity contribution in [2.45, 2.75) is 69.8 Å². The Labute approximate surface area is 212 Å².